The summed E-state index contributed by atoms with van der Waals surface area (Å²) in [6.45, 7) is 3.73. The van der Waals surface area contributed by atoms with E-state index in [4.69, 9.17) is 9.47 Å². The molecule has 1 aliphatic carbocycles. The van der Waals surface area contributed by atoms with Gasteiger partial charge in [-0.25, -0.2) is 0 Å². The molecule has 1 aromatic carbocycles. The molecule has 1 heterocycles. The van der Waals surface area contributed by atoms with Crippen LogP contribution in [0.3, 0.4) is 0 Å². The summed E-state index contributed by atoms with van der Waals surface area (Å²) < 4.78 is 12.9. The predicted octanol–water partition coefficient (Wildman–Crippen LogP) is 4.87. The number of ether oxygens (including phenoxy) is 2. The van der Waals surface area contributed by atoms with Crippen LogP contribution in [0, 0.1) is 11.3 Å². The molecule has 0 aromatic heterocycles. The molecule has 2 fully saturated rings. The number of hydrogen-bond donors (Lipinski definition) is 0. The Balaban J connectivity index is 1.89. The molecule has 116 valence electrons. The number of rotatable bonds is 3. The van der Waals surface area contributed by atoms with Gasteiger partial charge in [0.2, 0.25) is 0 Å². The van der Waals surface area contributed by atoms with Crippen molar-refractivity contribution in [1.29, 1.82) is 0 Å². The molecule has 0 bridgehead atoms. The Kier molecular flexibility index (Phi) is 4.72. The van der Waals surface area contributed by atoms with Crippen LogP contribution >= 0.6 is 15.9 Å². The lowest BCUT2D eigenvalue weighted by Crippen LogP contribution is -2.51. The average molecular weight is 353 g/mol. The second kappa shape index (κ2) is 6.39. The van der Waals surface area contributed by atoms with Gasteiger partial charge < -0.3 is 9.47 Å². The summed E-state index contributed by atoms with van der Waals surface area (Å²) in [5.74, 6) is -0.0443. The van der Waals surface area contributed by atoms with Crippen molar-refractivity contribution in [2.75, 3.05) is 18.5 Å². The summed E-state index contributed by atoms with van der Waals surface area (Å²) >= 11 is 3.60. The monoisotopic (exact) mass is 352 g/mol. The van der Waals surface area contributed by atoms with Crippen molar-refractivity contribution in [2.45, 2.75) is 44.8 Å². The lowest BCUT2D eigenvalue weighted by molar-refractivity contribution is -0.334. The fraction of sp³-hybridized carbons (Fsp3) is 0.667. The number of hydrogen-bond acceptors (Lipinski definition) is 2. The van der Waals surface area contributed by atoms with E-state index in [2.05, 4.69) is 53.2 Å². The van der Waals surface area contributed by atoms with Crippen molar-refractivity contribution in [1.82, 2.24) is 0 Å². The summed E-state index contributed by atoms with van der Waals surface area (Å²) in [6.07, 6.45) is 6.35. The standard InChI is InChI=1S/C18H25BrO2/c1-17(12-19)13-20-18(21-14-17,15-8-4-2-5-9-15)16-10-6-3-7-11-16/h2,4-5,8-9,16H,3,6-7,10-14H2,1H3. The van der Waals surface area contributed by atoms with E-state index in [-0.39, 0.29) is 5.41 Å². The molecular formula is C18H25BrO2. The first-order valence-electron chi connectivity index (χ1n) is 8.08. The lowest BCUT2D eigenvalue weighted by atomic mass is 9.78. The van der Waals surface area contributed by atoms with Crippen LogP contribution in [0.1, 0.15) is 44.6 Å². The van der Waals surface area contributed by atoms with Gasteiger partial charge in [-0.15, -0.1) is 0 Å². The van der Waals surface area contributed by atoms with Crippen LogP contribution in [-0.4, -0.2) is 18.5 Å². The van der Waals surface area contributed by atoms with Gasteiger partial charge in [0.25, 0.3) is 0 Å². The Morgan fingerprint density at radius 2 is 1.67 bits per heavy atom. The van der Waals surface area contributed by atoms with E-state index in [1.807, 2.05) is 0 Å². The van der Waals surface area contributed by atoms with Crippen molar-refractivity contribution in [2.24, 2.45) is 11.3 Å². The zero-order valence-corrected chi connectivity index (χ0v) is 14.4. The van der Waals surface area contributed by atoms with Crippen LogP contribution in [0.5, 0.6) is 0 Å². The minimum Gasteiger partial charge on any atom is -0.345 e. The van der Waals surface area contributed by atoms with Crippen molar-refractivity contribution in [3.05, 3.63) is 35.9 Å². The average Bonchev–Trinajstić information content (AvgIpc) is 2.57. The summed E-state index contributed by atoms with van der Waals surface area (Å²) in [4.78, 5) is 0. The third kappa shape index (κ3) is 3.06. The van der Waals surface area contributed by atoms with Crippen molar-refractivity contribution >= 4 is 15.9 Å². The van der Waals surface area contributed by atoms with Crippen molar-refractivity contribution in [3.63, 3.8) is 0 Å². The third-order valence-corrected chi connectivity index (χ3v) is 6.27. The second-order valence-electron chi connectivity index (χ2n) is 6.89. The molecule has 3 heteroatoms. The highest BCUT2D eigenvalue weighted by Gasteiger charge is 2.48. The smallest absolute Gasteiger partial charge is 0.197 e. The molecule has 0 atom stereocenters. The zero-order valence-electron chi connectivity index (χ0n) is 12.8. The molecule has 0 spiro atoms. The molecular weight excluding hydrogens is 328 g/mol. The van der Waals surface area contributed by atoms with E-state index < -0.39 is 5.79 Å². The largest absolute Gasteiger partial charge is 0.345 e. The molecule has 1 aromatic rings. The van der Waals surface area contributed by atoms with E-state index in [1.165, 1.54) is 37.7 Å². The van der Waals surface area contributed by atoms with Crippen LogP contribution < -0.4 is 0 Å². The lowest BCUT2D eigenvalue weighted by Gasteiger charge is -2.49. The van der Waals surface area contributed by atoms with Gasteiger partial charge in [-0.3, -0.25) is 0 Å². The van der Waals surface area contributed by atoms with Gasteiger partial charge >= 0.3 is 0 Å². The summed E-state index contributed by atoms with van der Waals surface area (Å²) in [7, 11) is 0. The van der Waals surface area contributed by atoms with Gasteiger partial charge in [0, 0.05) is 22.2 Å². The molecule has 1 saturated carbocycles. The van der Waals surface area contributed by atoms with E-state index in [0.717, 1.165) is 18.5 Å². The number of halogens is 1. The highest BCUT2D eigenvalue weighted by Crippen LogP contribution is 2.47. The number of alkyl halides is 1. The predicted molar refractivity (Wildman–Crippen MR) is 88.5 cm³/mol. The first kappa shape index (κ1) is 15.5. The molecule has 2 nitrogen and oxygen atoms in total. The van der Waals surface area contributed by atoms with Crippen molar-refractivity contribution in [3.8, 4) is 0 Å². The summed E-state index contributed by atoms with van der Waals surface area (Å²) in [5, 5.41) is 0.912. The topological polar surface area (TPSA) is 18.5 Å². The maximum Gasteiger partial charge on any atom is 0.197 e. The first-order valence-corrected chi connectivity index (χ1v) is 9.20. The van der Waals surface area contributed by atoms with Crippen molar-refractivity contribution < 1.29 is 9.47 Å². The second-order valence-corrected chi connectivity index (χ2v) is 7.45. The van der Waals surface area contributed by atoms with Gasteiger partial charge in [-0.1, -0.05) is 72.4 Å². The van der Waals surface area contributed by atoms with Gasteiger partial charge in [0.05, 0.1) is 13.2 Å². The molecule has 0 radical (unpaired) electrons. The fourth-order valence-corrected chi connectivity index (χ4v) is 3.84. The van der Waals surface area contributed by atoms with E-state index in [0.29, 0.717) is 5.92 Å². The Morgan fingerprint density at radius 1 is 1.05 bits per heavy atom. The normalized spacial score (nSPS) is 34.8. The van der Waals surface area contributed by atoms with E-state index in [9.17, 15) is 0 Å². The minimum absolute atomic E-state index is 0.0763. The van der Waals surface area contributed by atoms with Gasteiger partial charge in [-0.05, 0) is 12.8 Å². The highest BCUT2D eigenvalue weighted by molar-refractivity contribution is 9.09. The van der Waals surface area contributed by atoms with Crippen LogP contribution in [-0.2, 0) is 15.3 Å². The molecule has 21 heavy (non-hydrogen) atoms. The molecule has 1 aliphatic heterocycles. The van der Waals surface area contributed by atoms with Crippen LogP contribution in [0.2, 0.25) is 0 Å². The van der Waals surface area contributed by atoms with Gasteiger partial charge in [-0.2, -0.15) is 0 Å². The Morgan fingerprint density at radius 3 is 2.24 bits per heavy atom. The minimum atomic E-state index is -0.524. The Hall–Kier alpha value is -0.380. The van der Waals surface area contributed by atoms with Crippen LogP contribution in [0.25, 0.3) is 0 Å². The Labute approximate surface area is 136 Å². The molecule has 0 amide bonds. The van der Waals surface area contributed by atoms with Crippen LogP contribution in [0.4, 0.5) is 0 Å². The number of benzene rings is 1. The molecule has 0 unspecified atom stereocenters. The maximum absolute atomic E-state index is 6.45. The van der Waals surface area contributed by atoms with E-state index in [1.54, 1.807) is 0 Å². The first-order chi connectivity index (χ1) is 10.2. The summed E-state index contributed by atoms with van der Waals surface area (Å²) in [5.41, 5.74) is 1.26. The Bertz CT molecular complexity index is 446. The van der Waals surface area contributed by atoms with Gasteiger partial charge in [0.1, 0.15) is 0 Å². The quantitative estimate of drug-likeness (QED) is 0.722. The molecule has 0 N–H and O–H groups in total. The molecule has 1 saturated heterocycles. The molecule has 3 rings (SSSR count). The van der Waals surface area contributed by atoms with Gasteiger partial charge in [0.15, 0.2) is 5.79 Å². The SMILES string of the molecule is CC1(CBr)COC(c2ccccc2)(C2CCCCC2)OC1. The zero-order chi connectivity index (χ0) is 14.8. The summed E-state index contributed by atoms with van der Waals surface area (Å²) in [6, 6.07) is 10.6. The molecule has 2 aliphatic rings. The third-order valence-electron chi connectivity index (χ3n) is 4.91. The highest BCUT2D eigenvalue weighted by atomic mass is 79.9. The van der Waals surface area contributed by atoms with E-state index >= 15 is 0 Å². The van der Waals surface area contributed by atoms with Crippen LogP contribution in [0.15, 0.2) is 30.3 Å². The fourth-order valence-electron chi connectivity index (χ4n) is 3.51. The maximum atomic E-state index is 6.45.